The van der Waals surface area contributed by atoms with Crippen molar-refractivity contribution in [1.29, 1.82) is 0 Å². The Labute approximate surface area is 156 Å². The van der Waals surface area contributed by atoms with Gasteiger partial charge >= 0.3 is 0 Å². The lowest BCUT2D eigenvalue weighted by Gasteiger charge is -2.11. The first-order chi connectivity index (χ1) is 12.5. The molecule has 0 bridgehead atoms. The summed E-state index contributed by atoms with van der Waals surface area (Å²) in [7, 11) is 0. The molecule has 0 saturated heterocycles. The molecule has 1 N–H and O–H groups in total. The van der Waals surface area contributed by atoms with Gasteiger partial charge in [0.25, 0.3) is 0 Å². The molecule has 0 saturated carbocycles. The zero-order valence-electron chi connectivity index (χ0n) is 14.2. The molecule has 132 valence electrons. The van der Waals surface area contributed by atoms with Gasteiger partial charge in [-0.1, -0.05) is 29.8 Å². The molecule has 0 aliphatic rings. The second kappa shape index (κ2) is 8.06. The number of carbonyl (C=O) groups excluding carboxylic acids is 1. The largest absolute Gasteiger partial charge is 0.326 e. The summed E-state index contributed by atoms with van der Waals surface area (Å²) in [5.41, 5.74) is 4.03. The molecule has 2 heterocycles. The molecule has 0 unspecified atom stereocenters. The number of aromatic nitrogens is 2. The molecule has 0 fully saturated rings. The van der Waals surface area contributed by atoms with Crippen LogP contribution in [0.15, 0.2) is 55.0 Å². The quantitative estimate of drug-likeness (QED) is 0.656. The fraction of sp³-hybridized carbons (Fsp3) is 0.150. The number of carbonyl (C=O) groups is 1. The van der Waals surface area contributed by atoms with E-state index >= 15 is 0 Å². The molecule has 4 nitrogen and oxygen atoms in total. The van der Waals surface area contributed by atoms with E-state index in [0.717, 1.165) is 22.9 Å². The molecule has 0 atom stereocenters. The van der Waals surface area contributed by atoms with Crippen LogP contribution < -0.4 is 5.32 Å². The number of nitrogens with zero attached hydrogens (tertiary/aromatic N) is 2. The lowest BCUT2D eigenvalue weighted by Crippen LogP contribution is -2.13. The Hall–Kier alpha value is -2.79. The summed E-state index contributed by atoms with van der Waals surface area (Å²) < 4.78 is 13.4. The molecule has 6 heteroatoms. The minimum atomic E-state index is -0.398. The first-order valence-electron chi connectivity index (χ1n) is 8.13. The molecule has 3 rings (SSSR count). The Morgan fingerprint density at radius 1 is 1.12 bits per heavy atom. The minimum Gasteiger partial charge on any atom is -0.326 e. The van der Waals surface area contributed by atoms with E-state index in [1.165, 1.54) is 6.07 Å². The fourth-order valence-electron chi connectivity index (χ4n) is 2.53. The zero-order chi connectivity index (χ0) is 18.5. The SMILES string of the molecule is Cc1ccc(-c2cncc(F)c2)cc1NC(=O)CCc1ccc(Cl)nc1. The van der Waals surface area contributed by atoms with Gasteiger partial charge in [0.05, 0.1) is 6.20 Å². The Kier molecular flexibility index (Phi) is 5.58. The zero-order valence-corrected chi connectivity index (χ0v) is 14.9. The van der Waals surface area contributed by atoms with Crippen molar-refractivity contribution in [2.45, 2.75) is 19.8 Å². The third-order valence-electron chi connectivity index (χ3n) is 3.98. The normalized spacial score (nSPS) is 10.6. The van der Waals surface area contributed by atoms with Crippen molar-refractivity contribution in [2.24, 2.45) is 0 Å². The average molecular weight is 370 g/mol. The highest BCUT2D eigenvalue weighted by Crippen LogP contribution is 2.25. The first-order valence-corrected chi connectivity index (χ1v) is 8.51. The number of amides is 1. The van der Waals surface area contributed by atoms with Gasteiger partial charge in [-0.3, -0.25) is 9.78 Å². The van der Waals surface area contributed by atoms with E-state index in [4.69, 9.17) is 11.6 Å². The van der Waals surface area contributed by atoms with E-state index in [0.29, 0.717) is 29.2 Å². The third kappa shape index (κ3) is 4.64. The smallest absolute Gasteiger partial charge is 0.224 e. The van der Waals surface area contributed by atoms with Gasteiger partial charge in [0.2, 0.25) is 5.91 Å². The second-order valence-electron chi connectivity index (χ2n) is 5.96. The fourth-order valence-corrected chi connectivity index (χ4v) is 2.64. The van der Waals surface area contributed by atoms with E-state index in [9.17, 15) is 9.18 Å². The number of pyridine rings is 2. The number of aryl methyl sites for hydroxylation is 2. The number of anilines is 1. The van der Waals surface area contributed by atoms with Crippen molar-refractivity contribution in [3.05, 3.63) is 77.1 Å². The lowest BCUT2D eigenvalue weighted by molar-refractivity contribution is -0.116. The van der Waals surface area contributed by atoms with Crippen LogP contribution in [0.2, 0.25) is 5.15 Å². The number of benzene rings is 1. The molecule has 26 heavy (non-hydrogen) atoms. The van der Waals surface area contributed by atoms with Gasteiger partial charge in [-0.25, -0.2) is 9.37 Å². The third-order valence-corrected chi connectivity index (χ3v) is 4.20. The molecule has 3 aromatic rings. The Morgan fingerprint density at radius 3 is 2.69 bits per heavy atom. The van der Waals surface area contributed by atoms with Crippen LogP contribution in [0.3, 0.4) is 0 Å². The van der Waals surface area contributed by atoms with Crippen molar-refractivity contribution >= 4 is 23.2 Å². The maximum Gasteiger partial charge on any atom is 0.224 e. The van der Waals surface area contributed by atoms with Gasteiger partial charge in [0, 0.05) is 30.1 Å². The van der Waals surface area contributed by atoms with Crippen LogP contribution in [0.25, 0.3) is 11.1 Å². The maximum absolute atomic E-state index is 13.4. The Bertz CT molecular complexity index is 929. The van der Waals surface area contributed by atoms with Crippen molar-refractivity contribution in [3.63, 3.8) is 0 Å². The number of hydrogen-bond donors (Lipinski definition) is 1. The molecule has 0 aliphatic carbocycles. The highest BCUT2D eigenvalue weighted by molar-refractivity contribution is 6.29. The molecule has 1 amide bonds. The van der Waals surface area contributed by atoms with E-state index < -0.39 is 5.82 Å². The van der Waals surface area contributed by atoms with Crippen molar-refractivity contribution in [1.82, 2.24) is 9.97 Å². The summed E-state index contributed by atoms with van der Waals surface area (Å²) in [5, 5.41) is 3.35. The van der Waals surface area contributed by atoms with Crippen LogP contribution in [0.1, 0.15) is 17.5 Å². The summed E-state index contributed by atoms with van der Waals surface area (Å²) in [6, 6.07) is 10.6. The van der Waals surface area contributed by atoms with Crippen molar-refractivity contribution < 1.29 is 9.18 Å². The van der Waals surface area contributed by atoms with E-state index in [1.807, 2.05) is 31.2 Å². The number of nitrogens with one attached hydrogen (secondary N) is 1. The maximum atomic E-state index is 13.4. The van der Waals surface area contributed by atoms with Crippen LogP contribution >= 0.6 is 11.6 Å². The van der Waals surface area contributed by atoms with E-state index in [1.54, 1.807) is 18.5 Å². The molecule has 1 aromatic carbocycles. The summed E-state index contributed by atoms with van der Waals surface area (Å²) in [5.74, 6) is -0.497. The molecule has 0 radical (unpaired) electrons. The highest BCUT2D eigenvalue weighted by Gasteiger charge is 2.08. The molecule has 2 aromatic heterocycles. The second-order valence-corrected chi connectivity index (χ2v) is 6.35. The Morgan fingerprint density at radius 2 is 1.96 bits per heavy atom. The average Bonchev–Trinajstić information content (AvgIpc) is 2.63. The standard InChI is InChI=1S/C20H17ClFN3O/c1-13-2-5-15(16-8-17(22)12-23-11-16)9-18(13)25-20(26)7-4-14-3-6-19(21)24-10-14/h2-3,5-6,8-12H,4,7H2,1H3,(H,25,26). The summed E-state index contributed by atoms with van der Waals surface area (Å²) >= 11 is 5.76. The van der Waals surface area contributed by atoms with Crippen LogP contribution in [0.5, 0.6) is 0 Å². The molecule has 0 spiro atoms. The molecule has 0 aliphatic heterocycles. The van der Waals surface area contributed by atoms with Gasteiger partial charge in [0.1, 0.15) is 11.0 Å². The van der Waals surface area contributed by atoms with E-state index in [-0.39, 0.29) is 5.91 Å². The van der Waals surface area contributed by atoms with E-state index in [2.05, 4.69) is 15.3 Å². The predicted octanol–water partition coefficient (Wildman–Crippen LogP) is 4.82. The van der Waals surface area contributed by atoms with Gasteiger partial charge in [-0.2, -0.15) is 0 Å². The van der Waals surface area contributed by atoms with Gasteiger partial charge in [-0.15, -0.1) is 0 Å². The van der Waals surface area contributed by atoms with Gasteiger partial charge in [0.15, 0.2) is 0 Å². The van der Waals surface area contributed by atoms with Crippen LogP contribution in [-0.2, 0) is 11.2 Å². The van der Waals surface area contributed by atoms with Gasteiger partial charge in [-0.05, 0) is 48.2 Å². The summed E-state index contributed by atoms with van der Waals surface area (Å²) in [6.07, 6.45) is 5.31. The van der Waals surface area contributed by atoms with Crippen LogP contribution in [-0.4, -0.2) is 15.9 Å². The topological polar surface area (TPSA) is 54.9 Å². The van der Waals surface area contributed by atoms with Crippen LogP contribution in [0, 0.1) is 12.7 Å². The Balaban J connectivity index is 1.69. The monoisotopic (exact) mass is 369 g/mol. The summed E-state index contributed by atoms with van der Waals surface area (Å²) in [6.45, 7) is 1.91. The number of hydrogen-bond acceptors (Lipinski definition) is 3. The van der Waals surface area contributed by atoms with Crippen LogP contribution in [0.4, 0.5) is 10.1 Å². The van der Waals surface area contributed by atoms with Crippen molar-refractivity contribution in [2.75, 3.05) is 5.32 Å². The predicted molar refractivity (Wildman–Crippen MR) is 101 cm³/mol. The minimum absolute atomic E-state index is 0.0995. The number of rotatable bonds is 5. The van der Waals surface area contributed by atoms with Gasteiger partial charge < -0.3 is 5.32 Å². The molecular weight excluding hydrogens is 353 g/mol. The highest BCUT2D eigenvalue weighted by atomic mass is 35.5. The summed E-state index contributed by atoms with van der Waals surface area (Å²) in [4.78, 5) is 20.1. The van der Waals surface area contributed by atoms with Crippen molar-refractivity contribution in [3.8, 4) is 11.1 Å². The molecular formula is C20H17ClFN3O. The lowest BCUT2D eigenvalue weighted by atomic mass is 10.0. The first kappa shape index (κ1) is 18.0. The number of halogens is 2.